The summed E-state index contributed by atoms with van der Waals surface area (Å²) >= 11 is 6.52. The molecular formula is C20H22ClN6O-. The number of hydrogen-bond donors (Lipinski definition) is 1. The number of hydrogen-bond acceptors (Lipinski definition) is 6. The van der Waals surface area contributed by atoms with Crippen LogP contribution in [-0.4, -0.2) is 53.1 Å². The quantitative estimate of drug-likeness (QED) is 0.698. The van der Waals surface area contributed by atoms with Crippen molar-refractivity contribution in [1.29, 1.82) is 0 Å². The SMILES string of the molecule is COc1cccc(-c2cc3cnc(N)nc3c([N-]CC3CCCN3C)n2)c1Cl. The molecule has 0 amide bonds. The fourth-order valence-corrected chi connectivity index (χ4v) is 3.85. The minimum atomic E-state index is 0.205. The Hall–Kier alpha value is -2.64. The number of methoxy groups -OCH3 is 1. The van der Waals surface area contributed by atoms with Crippen LogP contribution in [0.15, 0.2) is 30.5 Å². The molecule has 0 saturated carbocycles. The van der Waals surface area contributed by atoms with E-state index in [-0.39, 0.29) is 5.95 Å². The Morgan fingerprint density at radius 2 is 2.21 bits per heavy atom. The third-order valence-electron chi connectivity index (χ3n) is 5.15. The molecule has 1 aliphatic rings. The van der Waals surface area contributed by atoms with Crippen LogP contribution in [0.2, 0.25) is 5.02 Å². The smallest absolute Gasteiger partial charge is 0.220 e. The standard InChI is InChI=1S/C20H22ClN6O/c1-27-8-4-5-13(27)11-23-19-18-12(10-24-20(22)26-18)9-15(25-19)14-6-3-7-16(28-2)17(14)21/h3,6-7,9-10,13H,4-5,8,11H2,1-2H3,(H2-,22,23,24,25,26)/q-1. The summed E-state index contributed by atoms with van der Waals surface area (Å²) in [6.45, 7) is 1.76. The van der Waals surface area contributed by atoms with Crippen molar-refractivity contribution in [3.05, 3.63) is 40.8 Å². The van der Waals surface area contributed by atoms with E-state index in [1.165, 1.54) is 6.42 Å². The van der Waals surface area contributed by atoms with Gasteiger partial charge in [0.25, 0.3) is 0 Å². The van der Waals surface area contributed by atoms with Gasteiger partial charge in [-0.15, -0.1) is 0 Å². The number of rotatable bonds is 5. The molecule has 1 atom stereocenters. The monoisotopic (exact) mass is 397 g/mol. The predicted molar refractivity (Wildman–Crippen MR) is 112 cm³/mol. The molecule has 8 heteroatoms. The van der Waals surface area contributed by atoms with Crippen LogP contribution in [0, 0.1) is 0 Å². The summed E-state index contributed by atoms with van der Waals surface area (Å²) in [6, 6.07) is 7.93. The zero-order chi connectivity index (χ0) is 19.7. The van der Waals surface area contributed by atoms with Crippen LogP contribution in [0.1, 0.15) is 12.8 Å². The summed E-state index contributed by atoms with van der Waals surface area (Å²) in [5.74, 6) is 1.36. The van der Waals surface area contributed by atoms with Crippen LogP contribution in [0.5, 0.6) is 5.75 Å². The maximum Gasteiger partial charge on any atom is 0.220 e. The van der Waals surface area contributed by atoms with Gasteiger partial charge in [-0.1, -0.05) is 23.7 Å². The molecule has 28 heavy (non-hydrogen) atoms. The Morgan fingerprint density at radius 1 is 1.36 bits per heavy atom. The summed E-state index contributed by atoms with van der Waals surface area (Å²) in [6.07, 6.45) is 4.02. The van der Waals surface area contributed by atoms with E-state index in [0.29, 0.717) is 40.4 Å². The minimum Gasteiger partial charge on any atom is -0.495 e. The lowest BCUT2D eigenvalue weighted by Crippen LogP contribution is -2.27. The number of halogens is 1. The summed E-state index contributed by atoms with van der Waals surface area (Å²) in [7, 11) is 3.72. The second kappa shape index (κ2) is 7.77. The highest BCUT2D eigenvalue weighted by atomic mass is 35.5. The van der Waals surface area contributed by atoms with Gasteiger partial charge in [0, 0.05) is 23.2 Å². The van der Waals surface area contributed by atoms with E-state index in [9.17, 15) is 0 Å². The van der Waals surface area contributed by atoms with Crippen molar-refractivity contribution in [1.82, 2.24) is 19.9 Å². The van der Waals surface area contributed by atoms with Crippen molar-refractivity contribution >= 4 is 34.3 Å². The molecule has 1 unspecified atom stereocenters. The molecule has 7 nitrogen and oxygen atoms in total. The molecule has 1 saturated heterocycles. The predicted octanol–water partition coefficient (Wildman–Crippen LogP) is 4.04. The minimum absolute atomic E-state index is 0.205. The van der Waals surface area contributed by atoms with Crippen LogP contribution in [0.4, 0.5) is 11.8 Å². The first-order chi connectivity index (χ1) is 13.6. The van der Waals surface area contributed by atoms with Gasteiger partial charge in [-0.3, -0.25) is 0 Å². The molecule has 1 aliphatic heterocycles. The molecular weight excluding hydrogens is 376 g/mol. The molecule has 0 radical (unpaired) electrons. The highest BCUT2D eigenvalue weighted by Gasteiger charge is 2.19. The normalized spacial score (nSPS) is 17.2. The second-order valence-electron chi connectivity index (χ2n) is 6.94. The maximum atomic E-state index is 6.52. The molecule has 4 rings (SSSR count). The third-order valence-corrected chi connectivity index (χ3v) is 5.54. The number of likely N-dealkylation sites (tertiary alicyclic amines) is 1. The van der Waals surface area contributed by atoms with E-state index in [1.807, 2.05) is 24.3 Å². The average Bonchev–Trinajstić information content (AvgIpc) is 3.11. The number of anilines is 1. The lowest BCUT2D eigenvalue weighted by Gasteiger charge is -2.26. The molecule has 146 valence electrons. The topological polar surface area (TPSA) is 91.3 Å². The first kappa shape index (κ1) is 18.7. The Kier molecular flexibility index (Phi) is 5.19. The van der Waals surface area contributed by atoms with Gasteiger partial charge < -0.3 is 25.7 Å². The number of aromatic nitrogens is 3. The molecule has 1 aromatic carbocycles. The van der Waals surface area contributed by atoms with E-state index in [1.54, 1.807) is 13.3 Å². The van der Waals surface area contributed by atoms with Crippen molar-refractivity contribution in [2.45, 2.75) is 18.9 Å². The third kappa shape index (κ3) is 3.55. The average molecular weight is 398 g/mol. The molecule has 3 aromatic rings. The van der Waals surface area contributed by atoms with E-state index in [0.717, 1.165) is 23.9 Å². The van der Waals surface area contributed by atoms with E-state index in [2.05, 4.69) is 21.9 Å². The van der Waals surface area contributed by atoms with Crippen molar-refractivity contribution in [2.75, 3.05) is 33.0 Å². The van der Waals surface area contributed by atoms with Gasteiger partial charge in [0.15, 0.2) is 0 Å². The number of likely N-dealkylation sites (N-methyl/N-ethyl adjacent to an activating group) is 1. The van der Waals surface area contributed by atoms with Crippen LogP contribution >= 0.6 is 11.6 Å². The first-order valence-corrected chi connectivity index (χ1v) is 9.58. The van der Waals surface area contributed by atoms with Crippen LogP contribution in [-0.2, 0) is 0 Å². The number of benzene rings is 1. The molecule has 0 aliphatic carbocycles. The van der Waals surface area contributed by atoms with Crippen LogP contribution in [0.3, 0.4) is 0 Å². The number of pyridine rings is 1. The van der Waals surface area contributed by atoms with E-state index >= 15 is 0 Å². The molecule has 1 fully saturated rings. The fraction of sp³-hybridized carbons (Fsp3) is 0.350. The summed E-state index contributed by atoms with van der Waals surface area (Å²) in [5, 5.41) is 6.12. The van der Waals surface area contributed by atoms with Gasteiger partial charge in [-0.25, -0.2) is 9.97 Å². The van der Waals surface area contributed by atoms with Gasteiger partial charge >= 0.3 is 0 Å². The molecule has 2 N–H and O–H groups in total. The van der Waals surface area contributed by atoms with E-state index in [4.69, 9.17) is 32.4 Å². The highest BCUT2D eigenvalue weighted by Crippen LogP contribution is 2.37. The van der Waals surface area contributed by atoms with Crippen molar-refractivity contribution in [3.8, 4) is 17.0 Å². The van der Waals surface area contributed by atoms with Crippen molar-refractivity contribution < 1.29 is 4.74 Å². The van der Waals surface area contributed by atoms with Gasteiger partial charge in [0.05, 0.1) is 17.6 Å². The second-order valence-corrected chi connectivity index (χ2v) is 7.31. The lowest BCUT2D eigenvalue weighted by molar-refractivity contribution is 0.325. The van der Waals surface area contributed by atoms with Crippen LogP contribution < -0.4 is 10.5 Å². The Morgan fingerprint density at radius 3 is 2.96 bits per heavy atom. The number of nitrogens with two attached hydrogens (primary N) is 1. The summed E-state index contributed by atoms with van der Waals surface area (Å²) < 4.78 is 5.34. The number of nitrogen functional groups attached to an aromatic ring is 1. The molecule has 0 bridgehead atoms. The molecule has 0 spiro atoms. The largest absolute Gasteiger partial charge is 0.495 e. The van der Waals surface area contributed by atoms with Gasteiger partial charge in [-0.05, 0) is 56.6 Å². The molecule has 3 heterocycles. The number of fused-ring (bicyclic) bond motifs is 1. The zero-order valence-corrected chi connectivity index (χ0v) is 16.6. The Labute approximate surface area is 168 Å². The Balaban J connectivity index is 1.77. The molecule has 2 aromatic heterocycles. The highest BCUT2D eigenvalue weighted by molar-refractivity contribution is 6.34. The van der Waals surface area contributed by atoms with Gasteiger partial charge in [0.2, 0.25) is 5.95 Å². The van der Waals surface area contributed by atoms with Crippen LogP contribution in [0.25, 0.3) is 27.5 Å². The summed E-state index contributed by atoms with van der Waals surface area (Å²) in [5.41, 5.74) is 7.93. The fourth-order valence-electron chi connectivity index (χ4n) is 3.55. The Bertz CT molecular complexity index is 1010. The van der Waals surface area contributed by atoms with Crippen molar-refractivity contribution in [3.63, 3.8) is 0 Å². The van der Waals surface area contributed by atoms with Gasteiger partial charge in [0.1, 0.15) is 5.75 Å². The van der Waals surface area contributed by atoms with Gasteiger partial charge in [-0.2, -0.15) is 0 Å². The first-order valence-electron chi connectivity index (χ1n) is 9.20. The zero-order valence-electron chi connectivity index (χ0n) is 15.9. The lowest BCUT2D eigenvalue weighted by atomic mass is 10.1. The number of nitrogens with zero attached hydrogens (tertiary/aromatic N) is 5. The van der Waals surface area contributed by atoms with E-state index < -0.39 is 0 Å². The number of ether oxygens (including phenoxy) is 1. The maximum absolute atomic E-state index is 6.52. The summed E-state index contributed by atoms with van der Waals surface area (Å²) in [4.78, 5) is 15.6. The van der Waals surface area contributed by atoms with Crippen molar-refractivity contribution in [2.24, 2.45) is 0 Å².